The van der Waals surface area contributed by atoms with Crippen LogP contribution in [0.5, 0.6) is 0 Å². The van der Waals surface area contributed by atoms with E-state index in [4.69, 9.17) is 14.0 Å². The average molecular weight is 421 g/mol. The van der Waals surface area contributed by atoms with Crippen LogP contribution >= 0.6 is 0 Å². The van der Waals surface area contributed by atoms with E-state index in [1.54, 1.807) is 0 Å². The highest BCUT2D eigenvalue weighted by molar-refractivity contribution is 6.62. The Morgan fingerprint density at radius 3 is 2.19 bits per heavy atom. The molecule has 0 bridgehead atoms. The van der Waals surface area contributed by atoms with E-state index < -0.39 is 24.4 Å². The summed E-state index contributed by atoms with van der Waals surface area (Å²) < 4.78 is 17.3. The summed E-state index contributed by atoms with van der Waals surface area (Å²) in [5, 5.41) is 0. The monoisotopic (exact) mass is 421 g/mol. The van der Waals surface area contributed by atoms with E-state index in [9.17, 15) is 9.59 Å². The van der Waals surface area contributed by atoms with Crippen molar-refractivity contribution in [2.24, 2.45) is 0 Å². The lowest BCUT2D eigenvalue weighted by Crippen LogP contribution is -2.41. The molecule has 2 saturated heterocycles. The molecule has 6 nitrogen and oxygen atoms in total. The SMILES string of the molecule is CC1(C)OB(c2ccc(CC(=O)N3C(=O)OCC3Cc3ccccc3)cc2)OC1(C)C. The molecular formula is C24H28BNO5. The Hall–Kier alpha value is -2.64. The molecule has 7 heteroatoms. The van der Waals surface area contributed by atoms with E-state index in [1.165, 1.54) is 4.90 Å². The van der Waals surface area contributed by atoms with Crippen LogP contribution in [0.4, 0.5) is 4.79 Å². The standard InChI is InChI=1S/C24H28BNO5/c1-23(2)24(3,4)31-25(30-23)19-12-10-18(11-13-19)15-21(27)26-20(16-29-22(26)28)14-17-8-6-5-7-9-17/h5-13,20H,14-16H2,1-4H3. The minimum Gasteiger partial charge on any atom is -0.447 e. The number of cyclic esters (lactones) is 1. The van der Waals surface area contributed by atoms with Crippen LogP contribution in [0.3, 0.4) is 0 Å². The van der Waals surface area contributed by atoms with Gasteiger partial charge in [0.25, 0.3) is 0 Å². The Balaban J connectivity index is 1.42. The fourth-order valence-corrected chi connectivity index (χ4v) is 3.83. The smallest absolute Gasteiger partial charge is 0.447 e. The molecule has 2 fully saturated rings. The second-order valence-corrected chi connectivity index (χ2v) is 9.19. The maximum Gasteiger partial charge on any atom is 0.494 e. The molecule has 2 heterocycles. The molecule has 0 saturated carbocycles. The minimum absolute atomic E-state index is 0.129. The first-order valence-corrected chi connectivity index (χ1v) is 10.6. The van der Waals surface area contributed by atoms with Crippen molar-refractivity contribution in [1.82, 2.24) is 4.90 Å². The van der Waals surface area contributed by atoms with Gasteiger partial charge in [0.2, 0.25) is 5.91 Å². The van der Waals surface area contributed by atoms with Crippen molar-refractivity contribution in [3.8, 4) is 0 Å². The number of amides is 2. The van der Waals surface area contributed by atoms with Gasteiger partial charge in [-0.25, -0.2) is 9.69 Å². The largest absolute Gasteiger partial charge is 0.494 e. The molecule has 2 aromatic rings. The molecule has 4 rings (SSSR count). The molecule has 2 aliphatic heterocycles. The van der Waals surface area contributed by atoms with Crippen LogP contribution in [0.1, 0.15) is 38.8 Å². The van der Waals surface area contributed by atoms with Gasteiger partial charge < -0.3 is 14.0 Å². The van der Waals surface area contributed by atoms with Crippen LogP contribution in [-0.2, 0) is 31.7 Å². The minimum atomic E-state index is -0.570. The summed E-state index contributed by atoms with van der Waals surface area (Å²) in [6.45, 7) is 8.28. The number of hydrogen-bond acceptors (Lipinski definition) is 5. The van der Waals surface area contributed by atoms with Gasteiger partial charge in [-0.2, -0.15) is 0 Å². The Morgan fingerprint density at radius 2 is 1.58 bits per heavy atom. The fraction of sp³-hybridized carbons (Fsp3) is 0.417. The van der Waals surface area contributed by atoms with Crippen molar-refractivity contribution < 1.29 is 23.6 Å². The molecule has 2 aliphatic rings. The summed E-state index contributed by atoms with van der Waals surface area (Å²) in [7, 11) is -0.446. The zero-order valence-electron chi connectivity index (χ0n) is 18.5. The molecule has 0 spiro atoms. The van der Waals surface area contributed by atoms with Gasteiger partial charge in [-0.05, 0) is 50.7 Å². The van der Waals surface area contributed by atoms with Gasteiger partial charge >= 0.3 is 13.2 Å². The summed E-state index contributed by atoms with van der Waals surface area (Å²) >= 11 is 0. The zero-order valence-corrected chi connectivity index (χ0v) is 18.5. The molecule has 31 heavy (non-hydrogen) atoms. The van der Waals surface area contributed by atoms with Gasteiger partial charge in [0.05, 0.1) is 23.7 Å². The van der Waals surface area contributed by atoms with Crippen LogP contribution < -0.4 is 5.46 Å². The fourth-order valence-electron chi connectivity index (χ4n) is 3.83. The van der Waals surface area contributed by atoms with E-state index in [1.807, 2.05) is 82.3 Å². The number of carbonyl (C=O) groups excluding carboxylic acids is 2. The van der Waals surface area contributed by atoms with Gasteiger partial charge in [0.15, 0.2) is 0 Å². The number of imide groups is 1. The Bertz CT molecular complexity index is 942. The molecule has 1 unspecified atom stereocenters. The van der Waals surface area contributed by atoms with Crippen molar-refractivity contribution in [2.75, 3.05) is 6.61 Å². The molecule has 1 atom stereocenters. The van der Waals surface area contributed by atoms with Crippen LogP contribution in [0.15, 0.2) is 54.6 Å². The molecule has 0 radical (unpaired) electrons. The van der Waals surface area contributed by atoms with E-state index in [0.29, 0.717) is 6.42 Å². The molecule has 162 valence electrons. The molecule has 2 amide bonds. The summed E-state index contributed by atoms with van der Waals surface area (Å²) in [4.78, 5) is 26.4. The van der Waals surface area contributed by atoms with E-state index in [0.717, 1.165) is 16.6 Å². The predicted molar refractivity (Wildman–Crippen MR) is 118 cm³/mol. The van der Waals surface area contributed by atoms with Gasteiger partial charge in [-0.15, -0.1) is 0 Å². The van der Waals surface area contributed by atoms with Gasteiger partial charge in [-0.3, -0.25) is 4.79 Å². The molecule has 0 aliphatic carbocycles. The Labute approximate surface area is 183 Å². The lowest BCUT2D eigenvalue weighted by Gasteiger charge is -2.32. The number of benzene rings is 2. The molecule has 0 aromatic heterocycles. The quantitative estimate of drug-likeness (QED) is 0.695. The lowest BCUT2D eigenvalue weighted by atomic mass is 9.79. The molecular weight excluding hydrogens is 393 g/mol. The number of hydrogen-bond donors (Lipinski definition) is 0. The van der Waals surface area contributed by atoms with Crippen LogP contribution in [0.2, 0.25) is 0 Å². The zero-order chi connectivity index (χ0) is 22.2. The second-order valence-electron chi connectivity index (χ2n) is 9.19. The summed E-state index contributed by atoms with van der Waals surface area (Å²) in [6, 6.07) is 17.1. The first kappa shape index (κ1) is 21.6. The Morgan fingerprint density at radius 1 is 0.968 bits per heavy atom. The van der Waals surface area contributed by atoms with Gasteiger partial charge in [0, 0.05) is 0 Å². The molecule has 2 aromatic carbocycles. The first-order valence-electron chi connectivity index (χ1n) is 10.6. The topological polar surface area (TPSA) is 65.1 Å². The number of carbonyl (C=O) groups is 2. The van der Waals surface area contributed by atoms with Crippen LogP contribution in [0, 0.1) is 0 Å². The number of nitrogens with zero attached hydrogens (tertiary/aromatic N) is 1. The highest BCUT2D eigenvalue weighted by Gasteiger charge is 2.51. The van der Waals surface area contributed by atoms with Crippen LogP contribution in [-0.4, -0.2) is 47.9 Å². The van der Waals surface area contributed by atoms with Gasteiger partial charge in [0.1, 0.15) is 6.61 Å². The summed E-state index contributed by atoms with van der Waals surface area (Å²) in [5.74, 6) is -0.258. The predicted octanol–water partition coefficient (Wildman–Crippen LogP) is 3.12. The van der Waals surface area contributed by atoms with E-state index >= 15 is 0 Å². The summed E-state index contributed by atoms with van der Waals surface area (Å²) in [6.07, 6.45) is 0.142. The van der Waals surface area contributed by atoms with Crippen LogP contribution in [0.25, 0.3) is 0 Å². The average Bonchev–Trinajstić information content (AvgIpc) is 3.18. The van der Waals surface area contributed by atoms with Crippen molar-refractivity contribution in [2.45, 2.75) is 57.8 Å². The van der Waals surface area contributed by atoms with Gasteiger partial charge in [-0.1, -0.05) is 54.6 Å². The third kappa shape index (κ3) is 4.38. The van der Waals surface area contributed by atoms with Crippen molar-refractivity contribution >= 4 is 24.6 Å². The first-order chi connectivity index (χ1) is 14.7. The summed E-state index contributed by atoms with van der Waals surface area (Å²) in [5.41, 5.74) is 1.98. The maximum absolute atomic E-state index is 12.9. The Kier molecular flexibility index (Phi) is 5.66. The third-order valence-corrected chi connectivity index (χ3v) is 6.40. The van der Waals surface area contributed by atoms with E-state index in [2.05, 4.69) is 0 Å². The molecule has 0 N–H and O–H groups in total. The number of rotatable bonds is 5. The lowest BCUT2D eigenvalue weighted by molar-refractivity contribution is -0.128. The van der Waals surface area contributed by atoms with Crippen molar-refractivity contribution in [3.63, 3.8) is 0 Å². The third-order valence-electron chi connectivity index (χ3n) is 6.40. The van der Waals surface area contributed by atoms with E-state index in [-0.39, 0.29) is 25.0 Å². The maximum atomic E-state index is 12.9. The van der Waals surface area contributed by atoms with Crippen molar-refractivity contribution in [1.29, 1.82) is 0 Å². The normalized spacial score (nSPS) is 21.9. The number of ether oxygens (including phenoxy) is 1. The highest BCUT2D eigenvalue weighted by Crippen LogP contribution is 2.36. The second kappa shape index (κ2) is 8.13. The van der Waals surface area contributed by atoms with Crippen molar-refractivity contribution in [3.05, 3.63) is 65.7 Å². The highest BCUT2D eigenvalue weighted by atomic mass is 16.7.